The number of rotatable bonds is 2. The summed E-state index contributed by atoms with van der Waals surface area (Å²) >= 11 is 0. The van der Waals surface area contributed by atoms with Crippen LogP contribution in [0.15, 0.2) is 12.4 Å². The largest absolute Gasteiger partial charge is 0.326 e. The van der Waals surface area contributed by atoms with Crippen LogP contribution < -0.4 is 11.5 Å². The fourth-order valence-electron chi connectivity index (χ4n) is 4.69. The summed E-state index contributed by atoms with van der Waals surface area (Å²) in [6.45, 7) is 8.18. The molecule has 2 aliphatic heterocycles. The normalized spacial score (nSPS) is 28.6. The average molecular weight is 389 g/mol. The second kappa shape index (κ2) is 8.32. The van der Waals surface area contributed by atoms with E-state index in [1.807, 2.05) is 23.5 Å². The molecule has 0 spiro atoms. The maximum Gasteiger partial charge on any atom is 0.0629 e. The second-order valence-corrected chi connectivity index (χ2v) is 8.67. The summed E-state index contributed by atoms with van der Waals surface area (Å²) in [5.41, 5.74) is 17.0. The van der Waals surface area contributed by atoms with E-state index < -0.39 is 0 Å². The van der Waals surface area contributed by atoms with Gasteiger partial charge in [-0.15, -0.1) is 0 Å². The third kappa shape index (κ3) is 4.46. The van der Waals surface area contributed by atoms with E-state index in [1.54, 1.807) is 0 Å². The first-order valence-corrected chi connectivity index (χ1v) is 10.0. The predicted octanol–water partition coefficient (Wildman–Crippen LogP) is 0.170. The molecule has 0 radical (unpaired) electrons. The van der Waals surface area contributed by atoms with E-state index in [0.717, 1.165) is 37.6 Å². The molecular weight excluding hydrogens is 352 g/mol. The summed E-state index contributed by atoms with van der Waals surface area (Å²) in [5.74, 6) is 0.905. The lowest BCUT2D eigenvalue weighted by atomic mass is 9.96. The number of hydrogen-bond acceptors (Lipinski definition) is 6. The minimum atomic E-state index is 0.253. The van der Waals surface area contributed by atoms with Crippen molar-refractivity contribution in [1.82, 2.24) is 29.4 Å². The molecule has 0 saturated carbocycles. The zero-order chi connectivity index (χ0) is 20.6. The predicted molar refractivity (Wildman–Crippen MR) is 112 cm³/mol. The molecule has 0 aromatic carbocycles. The van der Waals surface area contributed by atoms with Crippen LogP contribution in [0.1, 0.15) is 34.4 Å². The highest BCUT2D eigenvalue weighted by Gasteiger charge is 2.32. The highest BCUT2D eigenvalue weighted by Crippen LogP contribution is 2.28. The molecule has 4 heterocycles. The fraction of sp³-hybridized carbons (Fsp3) is 0.700. The van der Waals surface area contributed by atoms with E-state index in [0.29, 0.717) is 11.8 Å². The van der Waals surface area contributed by atoms with Gasteiger partial charge >= 0.3 is 0 Å². The molecule has 2 fully saturated rings. The first-order valence-electron chi connectivity index (χ1n) is 10.0. The maximum absolute atomic E-state index is 6.10. The Hall–Kier alpha value is -1.74. The van der Waals surface area contributed by atoms with Gasteiger partial charge in [-0.3, -0.25) is 9.36 Å². The molecule has 2 aromatic heterocycles. The lowest BCUT2D eigenvalue weighted by molar-refractivity contribution is 0.407. The van der Waals surface area contributed by atoms with Gasteiger partial charge in [-0.05, 0) is 39.1 Å². The van der Waals surface area contributed by atoms with E-state index in [-0.39, 0.29) is 12.1 Å². The van der Waals surface area contributed by atoms with Crippen molar-refractivity contribution in [2.24, 2.45) is 25.6 Å². The minimum absolute atomic E-state index is 0.253. The lowest BCUT2D eigenvalue weighted by Crippen LogP contribution is -2.28. The van der Waals surface area contributed by atoms with Crippen LogP contribution in [-0.2, 0) is 14.1 Å². The van der Waals surface area contributed by atoms with Crippen molar-refractivity contribution in [2.75, 3.05) is 40.3 Å². The van der Waals surface area contributed by atoms with Crippen LogP contribution in [-0.4, -0.2) is 81.7 Å². The molecule has 0 unspecified atom stereocenters. The molecule has 8 nitrogen and oxygen atoms in total. The van der Waals surface area contributed by atoms with Crippen molar-refractivity contribution in [3.8, 4) is 0 Å². The molecule has 0 amide bonds. The van der Waals surface area contributed by atoms with Gasteiger partial charge in [0.1, 0.15) is 0 Å². The van der Waals surface area contributed by atoms with E-state index >= 15 is 0 Å². The Morgan fingerprint density at radius 2 is 1.07 bits per heavy atom. The van der Waals surface area contributed by atoms with Crippen LogP contribution in [0.3, 0.4) is 0 Å². The molecule has 0 bridgehead atoms. The molecule has 2 aliphatic rings. The molecule has 2 aromatic rings. The van der Waals surface area contributed by atoms with Gasteiger partial charge in [0.25, 0.3) is 0 Å². The topological polar surface area (TPSA) is 94.2 Å². The monoisotopic (exact) mass is 388 g/mol. The molecule has 156 valence electrons. The molecule has 2 saturated heterocycles. The van der Waals surface area contributed by atoms with Crippen molar-refractivity contribution < 1.29 is 0 Å². The number of nitrogens with zero attached hydrogens (tertiary/aromatic N) is 6. The molecular formula is C20H36N8. The average Bonchev–Trinajstić information content (AvgIpc) is 3.29. The van der Waals surface area contributed by atoms with Gasteiger partial charge in [0.2, 0.25) is 0 Å². The lowest BCUT2D eigenvalue weighted by Gasteiger charge is -2.12. The summed E-state index contributed by atoms with van der Waals surface area (Å²) in [4.78, 5) is 4.56. The Kier molecular flexibility index (Phi) is 6.24. The van der Waals surface area contributed by atoms with E-state index in [4.69, 9.17) is 11.5 Å². The highest BCUT2D eigenvalue weighted by atomic mass is 15.3. The van der Waals surface area contributed by atoms with Crippen LogP contribution in [0.25, 0.3) is 0 Å². The summed E-state index contributed by atoms with van der Waals surface area (Å²) in [7, 11) is 8.15. The van der Waals surface area contributed by atoms with E-state index in [1.165, 1.54) is 11.1 Å². The van der Waals surface area contributed by atoms with Gasteiger partial charge in [-0.25, -0.2) is 0 Å². The van der Waals surface area contributed by atoms with Crippen molar-refractivity contribution in [2.45, 2.75) is 37.8 Å². The van der Waals surface area contributed by atoms with Crippen LogP contribution >= 0.6 is 0 Å². The first kappa shape index (κ1) is 21.0. The zero-order valence-electron chi connectivity index (χ0n) is 18.1. The van der Waals surface area contributed by atoms with Gasteiger partial charge in [-0.2, -0.15) is 10.2 Å². The Bertz CT molecular complexity index is 728. The highest BCUT2D eigenvalue weighted by molar-refractivity contribution is 5.25. The number of nitrogens with two attached hydrogens (primary N) is 2. The standard InChI is InChI=1S/2C10H18N4/c2*1-7-8(5-14(3)12-7)9-4-13(2)6-10(9)11/h2*5,9-10H,4,6,11H2,1-3H3/t2*9-,10+/m10/s1. The number of aromatic nitrogens is 4. The molecule has 4 N–H and O–H groups in total. The van der Waals surface area contributed by atoms with E-state index in [2.05, 4.69) is 60.3 Å². The van der Waals surface area contributed by atoms with Gasteiger partial charge in [0.05, 0.1) is 11.4 Å². The molecule has 4 rings (SSSR count). The first-order chi connectivity index (χ1) is 13.2. The summed E-state index contributed by atoms with van der Waals surface area (Å²) in [5, 5.41) is 8.72. The van der Waals surface area contributed by atoms with Gasteiger partial charge < -0.3 is 21.3 Å². The van der Waals surface area contributed by atoms with Crippen molar-refractivity contribution in [3.05, 3.63) is 34.9 Å². The smallest absolute Gasteiger partial charge is 0.0629 e. The third-order valence-electron chi connectivity index (χ3n) is 6.00. The Labute approximate surface area is 168 Å². The number of likely N-dealkylation sites (N-methyl/N-ethyl adjacent to an activating group) is 2. The second-order valence-electron chi connectivity index (χ2n) is 8.67. The number of likely N-dealkylation sites (tertiary alicyclic amines) is 2. The van der Waals surface area contributed by atoms with Crippen LogP contribution in [0.2, 0.25) is 0 Å². The van der Waals surface area contributed by atoms with Crippen LogP contribution in [0.4, 0.5) is 0 Å². The molecule has 4 atom stereocenters. The zero-order valence-corrected chi connectivity index (χ0v) is 18.1. The Morgan fingerprint density at radius 3 is 1.29 bits per heavy atom. The Morgan fingerprint density at radius 1 is 0.714 bits per heavy atom. The van der Waals surface area contributed by atoms with Crippen molar-refractivity contribution >= 4 is 0 Å². The SMILES string of the molecule is Cc1nn(C)cc1[C@@H]1CN(C)C[C@H]1N.Cc1nn(C)cc1[C@H]1CN(C)C[C@@H]1N. The van der Waals surface area contributed by atoms with Crippen LogP contribution in [0.5, 0.6) is 0 Å². The third-order valence-corrected chi connectivity index (χ3v) is 6.00. The summed E-state index contributed by atoms with van der Waals surface area (Å²) < 4.78 is 3.74. The number of aryl methyl sites for hydroxylation is 4. The van der Waals surface area contributed by atoms with Crippen molar-refractivity contribution in [3.63, 3.8) is 0 Å². The quantitative estimate of drug-likeness (QED) is 0.762. The van der Waals surface area contributed by atoms with E-state index in [9.17, 15) is 0 Å². The Balaban J connectivity index is 0.000000161. The molecule has 28 heavy (non-hydrogen) atoms. The summed E-state index contributed by atoms with van der Waals surface area (Å²) in [6, 6.07) is 0.505. The van der Waals surface area contributed by atoms with Crippen molar-refractivity contribution in [1.29, 1.82) is 0 Å². The van der Waals surface area contributed by atoms with Crippen LogP contribution in [0, 0.1) is 13.8 Å². The molecule has 8 heteroatoms. The molecule has 0 aliphatic carbocycles. The number of hydrogen-bond donors (Lipinski definition) is 2. The minimum Gasteiger partial charge on any atom is -0.326 e. The van der Waals surface area contributed by atoms with Gasteiger partial charge in [-0.1, -0.05) is 0 Å². The maximum atomic E-state index is 6.10. The van der Waals surface area contributed by atoms with Gasteiger partial charge in [0, 0.05) is 76.6 Å². The van der Waals surface area contributed by atoms with Gasteiger partial charge in [0.15, 0.2) is 0 Å². The summed E-state index contributed by atoms with van der Waals surface area (Å²) in [6.07, 6.45) is 4.19. The fourth-order valence-corrected chi connectivity index (χ4v) is 4.69.